The van der Waals surface area contributed by atoms with Crippen LogP contribution in [0.25, 0.3) is 0 Å². The summed E-state index contributed by atoms with van der Waals surface area (Å²) >= 11 is 0. The molecule has 0 atom stereocenters. The summed E-state index contributed by atoms with van der Waals surface area (Å²) in [5, 5.41) is 2.94. The fourth-order valence-electron chi connectivity index (χ4n) is 1.63. The van der Waals surface area contributed by atoms with Crippen molar-refractivity contribution in [2.24, 2.45) is 5.73 Å². The van der Waals surface area contributed by atoms with Crippen molar-refractivity contribution in [1.82, 2.24) is 0 Å². The lowest BCUT2D eigenvalue weighted by Crippen LogP contribution is -2.10. The number of rotatable bonds is 4. The molecule has 19 heavy (non-hydrogen) atoms. The predicted octanol–water partition coefficient (Wildman–Crippen LogP) is 2.68. The lowest BCUT2D eigenvalue weighted by atomic mass is 10.1. The van der Waals surface area contributed by atoms with Gasteiger partial charge in [-0.15, -0.1) is 0 Å². The minimum atomic E-state index is -0.872. The van der Waals surface area contributed by atoms with Crippen molar-refractivity contribution >= 4 is 11.6 Å². The molecule has 3 nitrogen and oxygen atoms in total. The molecule has 0 unspecified atom stereocenters. The third-order valence-electron chi connectivity index (χ3n) is 2.68. The van der Waals surface area contributed by atoms with Gasteiger partial charge in [-0.05, 0) is 30.3 Å². The summed E-state index contributed by atoms with van der Waals surface area (Å²) in [5.74, 6) is -2.24. The summed E-state index contributed by atoms with van der Waals surface area (Å²) in [6.07, 6.45) is 0. The molecule has 0 aromatic heterocycles. The smallest absolute Gasteiger partial charge is 0.248 e. The van der Waals surface area contributed by atoms with E-state index in [1.165, 1.54) is 12.1 Å². The van der Waals surface area contributed by atoms with Gasteiger partial charge < -0.3 is 11.1 Å². The zero-order valence-corrected chi connectivity index (χ0v) is 9.99. The Morgan fingerprint density at radius 3 is 2.42 bits per heavy atom. The molecule has 2 rings (SSSR count). The number of hydrogen-bond acceptors (Lipinski definition) is 2. The number of carbonyl (C=O) groups excluding carboxylic acids is 1. The van der Waals surface area contributed by atoms with E-state index in [1.807, 2.05) is 0 Å². The number of primary amides is 1. The van der Waals surface area contributed by atoms with Gasteiger partial charge in [-0.25, -0.2) is 8.78 Å². The van der Waals surface area contributed by atoms with Crippen LogP contribution in [0.3, 0.4) is 0 Å². The average molecular weight is 262 g/mol. The number of benzene rings is 2. The molecule has 0 bridgehead atoms. The van der Waals surface area contributed by atoms with E-state index in [1.54, 1.807) is 24.3 Å². The highest BCUT2D eigenvalue weighted by molar-refractivity contribution is 5.93. The van der Waals surface area contributed by atoms with Crippen LogP contribution in [0, 0.1) is 11.6 Å². The second-order valence-electron chi connectivity index (χ2n) is 4.01. The summed E-state index contributed by atoms with van der Waals surface area (Å²) in [6.45, 7) is 0.152. The Morgan fingerprint density at radius 2 is 1.79 bits per heavy atom. The molecule has 0 radical (unpaired) electrons. The lowest BCUT2D eigenvalue weighted by molar-refractivity contribution is 0.100. The monoisotopic (exact) mass is 262 g/mol. The minimum absolute atomic E-state index is 0.152. The second-order valence-corrected chi connectivity index (χ2v) is 4.01. The third kappa shape index (κ3) is 3.07. The van der Waals surface area contributed by atoms with Gasteiger partial charge in [-0.1, -0.05) is 12.1 Å². The molecule has 0 aliphatic carbocycles. The maximum Gasteiger partial charge on any atom is 0.248 e. The molecule has 98 valence electrons. The average Bonchev–Trinajstić information content (AvgIpc) is 2.41. The van der Waals surface area contributed by atoms with Crippen LogP contribution in [0.1, 0.15) is 15.9 Å². The highest BCUT2D eigenvalue weighted by atomic mass is 19.2. The molecule has 0 aliphatic rings. The van der Waals surface area contributed by atoms with Crippen LogP contribution in [-0.4, -0.2) is 5.91 Å². The molecular weight excluding hydrogens is 250 g/mol. The van der Waals surface area contributed by atoms with Crippen LogP contribution in [-0.2, 0) is 6.54 Å². The Kier molecular flexibility index (Phi) is 3.75. The fraction of sp³-hybridized carbons (Fsp3) is 0.0714. The van der Waals surface area contributed by atoms with Crippen molar-refractivity contribution in [3.8, 4) is 0 Å². The largest absolute Gasteiger partial charge is 0.381 e. The van der Waals surface area contributed by atoms with Gasteiger partial charge in [-0.3, -0.25) is 4.79 Å². The minimum Gasteiger partial charge on any atom is -0.381 e. The van der Waals surface area contributed by atoms with E-state index in [-0.39, 0.29) is 12.1 Å². The second kappa shape index (κ2) is 5.48. The van der Waals surface area contributed by atoms with E-state index in [0.29, 0.717) is 11.3 Å². The Hall–Kier alpha value is -2.43. The van der Waals surface area contributed by atoms with Crippen molar-refractivity contribution in [3.05, 3.63) is 65.2 Å². The topological polar surface area (TPSA) is 55.1 Å². The number of halogens is 2. The van der Waals surface area contributed by atoms with Crippen LogP contribution >= 0.6 is 0 Å². The summed E-state index contributed by atoms with van der Waals surface area (Å²) < 4.78 is 26.4. The predicted molar refractivity (Wildman–Crippen MR) is 68.6 cm³/mol. The van der Waals surface area contributed by atoms with Crippen molar-refractivity contribution in [2.45, 2.75) is 6.54 Å². The van der Waals surface area contributed by atoms with E-state index in [9.17, 15) is 13.6 Å². The molecule has 2 aromatic rings. The summed E-state index contributed by atoms with van der Waals surface area (Å²) in [6, 6.07) is 10.4. The van der Waals surface area contributed by atoms with Crippen LogP contribution in [0.4, 0.5) is 14.5 Å². The van der Waals surface area contributed by atoms with Crippen LogP contribution in [0.2, 0.25) is 0 Å². The Bertz CT molecular complexity index is 597. The zero-order chi connectivity index (χ0) is 13.8. The highest BCUT2D eigenvalue weighted by Crippen LogP contribution is 2.14. The summed E-state index contributed by atoms with van der Waals surface area (Å²) in [5.41, 5.74) is 6.43. The van der Waals surface area contributed by atoms with E-state index >= 15 is 0 Å². The van der Waals surface area contributed by atoms with E-state index in [0.717, 1.165) is 6.07 Å². The summed E-state index contributed by atoms with van der Waals surface area (Å²) in [4.78, 5) is 10.9. The Labute approximate surface area is 109 Å². The lowest BCUT2D eigenvalue weighted by Gasteiger charge is -2.08. The molecule has 0 saturated carbocycles. The Morgan fingerprint density at radius 1 is 1.11 bits per heavy atom. The van der Waals surface area contributed by atoms with Crippen molar-refractivity contribution < 1.29 is 13.6 Å². The maximum absolute atomic E-state index is 13.4. The maximum atomic E-state index is 13.4. The first-order valence-electron chi connectivity index (χ1n) is 5.64. The van der Waals surface area contributed by atoms with Gasteiger partial charge >= 0.3 is 0 Å². The number of hydrogen-bond donors (Lipinski definition) is 2. The molecule has 2 aromatic carbocycles. The normalized spacial score (nSPS) is 10.2. The number of nitrogens with two attached hydrogens (primary N) is 1. The molecule has 0 aliphatic heterocycles. The van der Waals surface area contributed by atoms with Gasteiger partial charge in [-0.2, -0.15) is 0 Å². The molecule has 5 heteroatoms. The number of anilines is 1. The van der Waals surface area contributed by atoms with E-state index in [2.05, 4.69) is 5.32 Å². The van der Waals surface area contributed by atoms with E-state index in [4.69, 9.17) is 5.73 Å². The van der Waals surface area contributed by atoms with Gasteiger partial charge in [0.15, 0.2) is 11.6 Å². The molecule has 0 heterocycles. The number of carbonyl (C=O) groups is 1. The Balaban J connectivity index is 2.06. The first kappa shape index (κ1) is 13.0. The summed E-state index contributed by atoms with van der Waals surface area (Å²) in [7, 11) is 0. The quantitative estimate of drug-likeness (QED) is 0.890. The van der Waals surface area contributed by atoms with Gasteiger partial charge in [0, 0.05) is 23.4 Å². The van der Waals surface area contributed by atoms with Gasteiger partial charge in [0.1, 0.15) is 0 Å². The van der Waals surface area contributed by atoms with Crippen molar-refractivity contribution in [1.29, 1.82) is 0 Å². The van der Waals surface area contributed by atoms with Gasteiger partial charge in [0.2, 0.25) is 5.91 Å². The molecule has 0 saturated heterocycles. The molecule has 3 N–H and O–H groups in total. The molecule has 0 spiro atoms. The molecule has 0 fully saturated rings. The standard InChI is InChI=1S/C14H12F2N2O/c15-12-3-1-2-10(13(12)16)8-18-11-6-4-9(5-7-11)14(17)19/h1-7,18H,8H2,(H2,17,19). The van der Waals surface area contributed by atoms with E-state index < -0.39 is 17.5 Å². The van der Waals surface area contributed by atoms with Gasteiger partial charge in [0.05, 0.1) is 0 Å². The molecular formula is C14H12F2N2O. The fourth-order valence-corrected chi connectivity index (χ4v) is 1.63. The highest BCUT2D eigenvalue weighted by Gasteiger charge is 2.07. The number of nitrogens with one attached hydrogen (secondary N) is 1. The van der Waals surface area contributed by atoms with Gasteiger partial charge in [0.25, 0.3) is 0 Å². The van der Waals surface area contributed by atoms with Crippen LogP contribution < -0.4 is 11.1 Å². The number of amides is 1. The van der Waals surface area contributed by atoms with Crippen LogP contribution in [0.5, 0.6) is 0 Å². The van der Waals surface area contributed by atoms with Crippen molar-refractivity contribution in [3.63, 3.8) is 0 Å². The third-order valence-corrected chi connectivity index (χ3v) is 2.68. The first-order chi connectivity index (χ1) is 9.08. The first-order valence-corrected chi connectivity index (χ1v) is 5.64. The van der Waals surface area contributed by atoms with Crippen LogP contribution in [0.15, 0.2) is 42.5 Å². The zero-order valence-electron chi connectivity index (χ0n) is 9.99. The van der Waals surface area contributed by atoms with Crippen molar-refractivity contribution in [2.75, 3.05) is 5.32 Å². The SMILES string of the molecule is NC(=O)c1ccc(NCc2cccc(F)c2F)cc1. The molecule has 1 amide bonds.